The molecule has 2 aliphatic carbocycles. The fourth-order valence-corrected chi connectivity index (χ4v) is 6.36. The summed E-state index contributed by atoms with van der Waals surface area (Å²) >= 11 is 0. The Labute approximate surface area is 134 Å². The van der Waals surface area contributed by atoms with E-state index in [1.54, 1.807) is 7.05 Å². The molecular weight excluding hydrogens is 298 g/mol. The number of nitrogens with zero attached hydrogens (tertiary/aromatic N) is 1. The van der Waals surface area contributed by atoms with Crippen molar-refractivity contribution in [3.8, 4) is 0 Å². The SMILES string of the molecule is CN=C(NCC1CCS(=O)(=O)C1)NC1CCC2CCCC2C1. The molecule has 22 heavy (non-hydrogen) atoms. The van der Waals surface area contributed by atoms with Gasteiger partial charge >= 0.3 is 0 Å². The Hall–Kier alpha value is -0.780. The van der Waals surface area contributed by atoms with Gasteiger partial charge in [-0.25, -0.2) is 8.42 Å². The van der Waals surface area contributed by atoms with Crippen molar-refractivity contribution in [1.82, 2.24) is 10.6 Å². The van der Waals surface area contributed by atoms with Crippen LogP contribution in [0.25, 0.3) is 0 Å². The minimum atomic E-state index is -2.79. The van der Waals surface area contributed by atoms with Gasteiger partial charge in [0.25, 0.3) is 0 Å². The smallest absolute Gasteiger partial charge is 0.191 e. The number of hydrogen-bond acceptors (Lipinski definition) is 3. The average molecular weight is 327 g/mol. The molecule has 4 unspecified atom stereocenters. The lowest BCUT2D eigenvalue weighted by molar-refractivity contribution is 0.239. The highest BCUT2D eigenvalue weighted by Gasteiger charge is 2.34. The van der Waals surface area contributed by atoms with Crippen molar-refractivity contribution in [3.63, 3.8) is 0 Å². The number of hydrogen-bond donors (Lipinski definition) is 2. The van der Waals surface area contributed by atoms with Crippen LogP contribution >= 0.6 is 0 Å². The van der Waals surface area contributed by atoms with Crippen LogP contribution in [0.15, 0.2) is 4.99 Å². The number of rotatable bonds is 3. The molecule has 1 aliphatic heterocycles. The molecule has 2 N–H and O–H groups in total. The third-order valence-electron chi connectivity index (χ3n) is 5.74. The predicted molar refractivity (Wildman–Crippen MR) is 89.7 cm³/mol. The van der Waals surface area contributed by atoms with Gasteiger partial charge in [-0.2, -0.15) is 0 Å². The van der Waals surface area contributed by atoms with E-state index < -0.39 is 9.84 Å². The fourth-order valence-electron chi connectivity index (χ4n) is 4.50. The van der Waals surface area contributed by atoms with Crippen LogP contribution in [0.3, 0.4) is 0 Å². The summed E-state index contributed by atoms with van der Waals surface area (Å²) in [4.78, 5) is 4.31. The lowest BCUT2D eigenvalue weighted by Gasteiger charge is -2.33. The van der Waals surface area contributed by atoms with Gasteiger partial charge in [0.1, 0.15) is 0 Å². The molecule has 6 heteroatoms. The Morgan fingerprint density at radius 2 is 1.95 bits per heavy atom. The molecule has 3 aliphatic rings. The van der Waals surface area contributed by atoms with Crippen LogP contribution in [-0.2, 0) is 9.84 Å². The van der Waals surface area contributed by atoms with E-state index in [2.05, 4.69) is 15.6 Å². The molecule has 126 valence electrons. The van der Waals surface area contributed by atoms with Gasteiger partial charge in [-0.1, -0.05) is 19.3 Å². The van der Waals surface area contributed by atoms with Crippen molar-refractivity contribution in [1.29, 1.82) is 0 Å². The van der Waals surface area contributed by atoms with Crippen LogP contribution in [0.2, 0.25) is 0 Å². The zero-order valence-corrected chi connectivity index (χ0v) is 14.4. The molecule has 0 spiro atoms. The predicted octanol–water partition coefficient (Wildman–Crippen LogP) is 1.55. The van der Waals surface area contributed by atoms with Crippen LogP contribution in [0.1, 0.15) is 44.9 Å². The minimum absolute atomic E-state index is 0.231. The fraction of sp³-hybridized carbons (Fsp3) is 0.938. The Kier molecular flexibility index (Phi) is 4.95. The molecule has 0 aromatic rings. The van der Waals surface area contributed by atoms with Crippen molar-refractivity contribution < 1.29 is 8.42 Å². The number of fused-ring (bicyclic) bond motifs is 1. The number of aliphatic imine (C=N–C) groups is 1. The quantitative estimate of drug-likeness (QED) is 0.609. The van der Waals surface area contributed by atoms with E-state index >= 15 is 0 Å². The topological polar surface area (TPSA) is 70.6 Å². The molecule has 3 rings (SSSR count). The Balaban J connectivity index is 1.44. The summed E-state index contributed by atoms with van der Waals surface area (Å²) in [6.07, 6.45) is 8.86. The van der Waals surface area contributed by atoms with Gasteiger partial charge < -0.3 is 10.6 Å². The molecule has 0 amide bonds. The molecule has 4 atom stereocenters. The van der Waals surface area contributed by atoms with Crippen molar-refractivity contribution in [2.45, 2.75) is 51.0 Å². The van der Waals surface area contributed by atoms with Crippen molar-refractivity contribution in [2.75, 3.05) is 25.1 Å². The van der Waals surface area contributed by atoms with Crippen LogP contribution in [-0.4, -0.2) is 45.5 Å². The first-order valence-electron chi connectivity index (χ1n) is 8.73. The van der Waals surface area contributed by atoms with Crippen molar-refractivity contribution >= 4 is 15.8 Å². The standard InChI is InChI=1S/C16H29N3O2S/c1-17-16(18-10-12-7-8-22(20,21)11-12)19-15-6-5-13-3-2-4-14(13)9-15/h12-15H,2-11H2,1H3,(H2,17,18,19). The molecule has 5 nitrogen and oxygen atoms in total. The van der Waals surface area contributed by atoms with Gasteiger partial charge in [0.2, 0.25) is 0 Å². The normalized spacial score (nSPS) is 37.8. The maximum absolute atomic E-state index is 11.5. The van der Waals surface area contributed by atoms with Crippen LogP contribution in [0, 0.1) is 17.8 Å². The minimum Gasteiger partial charge on any atom is -0.356 e. The summed E-state index contributed by atoms with van der Waals surface area (Å²) in [7, 11) is -0.994. The second kappa shape index (κ2) is 6.77. The summed E-state index contributed by atoms with van der Waals surface area (Å²) in [5.41, 5.74) is 0. The van der Waals surface area contributed by atoms with Gasteiger partial charge in [-0.15, -0.1) is 0 Å². The lowest BCUT2D eigenvalue weighted by Crippen LogP contribution is -2.47. The van der Waals surface area contributed by atoms with Crippen LogP contribution in [0.4, 0.5) is 0 Å². The van der Waals surface area contributed by atoms with E-state index in [4.69, 9.17) is 0 Å². The van der Waals surface area contributed by atoms with Gasteiger partial charge in [-0.3, -0.25) is 4.99 Å². The molecule has 3 fully saturated rings. The van der Waals surface area contributed by atoms with E-state index in [-0.39, 0.29) is 5.92 Å². The zero-order valence-electron chi connectivity index (χ0n) is 13.6. The van der Waals surface area contributed by atoms with E-state index in [9.17, 15) is 8.42 Å². The van der Waals surface area contributed by atoms with E-state index in [0.29, 0.717) is 24.1 Å². The third-order valence-corrected chi connectivity index (χ3v) is 7.58. The van der Waals surface area contributed by atoms with Crippen molar-refractivity contribution in [3.05, 3.63) is 0 Å². The molecule has 0 radical (unpaired) electrons. The summed E-state index contributed by atoms with van der Waals surface area (Å²) in [5.74, 6) is 3.61. The molecule has 0 aromatic carbocycles. The highest BCUT2D eigenvalue weighted by Crippen LogP contribution is 2.41. The maximum Gasteiger partial charge on any atom is 0.191 e. The number of nitrogens with one attached hydrogen (secondary N) is 2. The molecule has 2 saturated carbocycles. The second-order valence-electron chi connectivity index (χ2n) is 7.33. The van der Waals surface area contributed by atoms with E-state index in [0.717, 1.165) is 24.2 Å². The number of sulfone groups is 1. The average Bonchev–Trinajstić information content (AvgIpc) is 3.08. The van der Waals surface area contributed by atoms with Gasteiger partial charge in [0, 0.05) is 19.6 Å². The van der Waals surface area contributed by atoms with E-state index in [1.165, 1.54) is 38.5 Å². The van der Waals surface area contributed by atoms with E-state index in [1.807, 2.05) is 0 Å². The largest absolute Gasteiger partial charge is 0.356 e. The van der Waals surface area contributed by atoms with Gasteiger partial charge in [-0.05, 0) is 43.4 Å². The van der Waals surface area contributed by atoms with Crippen molar-refractivity contribution in [2.24, 2.45) is 22.7 Å². The second-order valence-corrected chi connectivity index (χ2v) is 9.56. The van der Waals surface area contributed by atoms with Gasteiger partial charge in [0.05, 0.1) is 11.5 Å². The summed E-state index contributed by atoms with van der Waals surface area (Å²) in [6.45, 7) is 0.706. The first kappa shape index (κ1) is 16.1. The molecule has 1 heterocycles. The monoisotopic (exact) mass is 327 g/mol. The first-order chi connectivity index (χ1) is 10.6. The number of guanidine groups is 1. The molecule has 1 saturated heterocycles. The summed E-state index contributed by atoms with van der Waals surface area (Å²) in [6, 6.07) is 0.526. The first-order valence-corrected chi connectivity index (χ1v) is 10.6. The molecule has 0 bridgehead atoms. The highest BCUT2D eigenvalue weighted by atomic mass is 32.2. The molecular formula is C16H29N3O2S. The van der Waals surface area contributed by atoms with Crippen LogP contribution < -0.4 is 10.6 Å². The zero-order chi connectivity index (χ0) is 15.6. The third kappa shape index (κ3) is 3.94. The summed E-state index contributed by atoms with van der Waals surface area (Å²) < 4.78 is 23.0. The van der Waals surface area contributed by atoms with Gasteiger partial charge in [0.15, 0.2) is 15.8 Å². The highest BCUT2D eigenvalue weighted by molar-refractivity contribution is 7.91. The van der Waals surface area contributed by atoms with Crippen LogP contribution in [0.5, 0.6) is 0 Å². The Bertz CT molecular complexity index is 517. The lowest BCUT2D eigenvalue weighted by atomic mass is 9.79. The Morgan fingerprint density at radius 1 is 1.14 bits per heavy atom. The molecule has 0 aromatic heterocycles. The maximum atomic E-state index is 11.5. The Morgan fingerprint density at radius 3 is 2.68 bits per heavy atom. The summed E-state index contributed by atoms with van der Waals surface area (Å²) in [5, 5.41) is 6.88.